The van der Waals surface area contributed by atoms with Gasteiger partial charge >= 0.3 is 0 Å². The van der Waals surface area contributed by atoms with E-state index in [4.69, 9.17) is 11.6 Å². The quantitative estimate of drug-likeness (QED) is 0.780. The fraction of sp³-hybridized carbons (Fsp3) is 0.562. The summed E-state index contributed by atoms with van der Waals surface area (Å²) < 4.78 is 0. The molecule has 1 saturated heterocycles. The van der Waals surface area contributed by atoms with E-state index in [1.165, 1.54) is 18.4 Å². The minimum absolute atomic E-state index is 0.0110. The van der Waals surface area contributed by atoms with Crippen molar-refractivity contribution >= 4 is 17.5 Å². The molecule has 3 nitrogen and oxygen atoms in total. The maximum absolute atomic E-state index is 11.6. The van der Waals surface area contributed by atoms with E-state index in [9.17, 15) is 4.79 Å². The van der Waals surface area contributed by atoms with Gasteiger partial charge in [-0.05, 0) is 24.9 Å². The highest BCUT2D eigenvalue weighted by Crippen LogP contribution is 2.20. The molecule has 2 rings (SSSR count). The molecule has 1 amide bonds. The van der Waals surface area contributed by atoms with E-state index >= 15 is 0 Å². The molecule has 1 aromatic carbocycles. The van der Waals surface area contributed by atoms with Crippen molar-refractivity contribution < 1.29 is 4.79 Å². The molecule has 1 aliphatic rings. The molecule has 0 saturated carbocycles. The number of alkyl halides is 1. The van der Waals surface area contributed by atoms with Gasteiger partial charge in [-0.3, -0.25) is 9.69 Å². The Morgan fingerprint density at radius 1 is 1.35 bits per heavy atom. The first-order valence-electron chi connectivity index (χ1n) is 7.28. The number of halogens is 1. The van der Waals surface area contributed by atoms with Gasteiger partial charge in [-0.2, -0.15) is 0 Å². The molecule has 1 aliphatic heterocycles. The Morgan fingerprint density at radius 3 is 2.80 bits per heavy atom. The van der Waals surface area contributed by atoms with Gasteiger partial charge in [0, 0.05) is 26.2 Å². The third-order valence-corrected chi connectivity index (χ3v) is 4.23. The molecule has 1 fully saturated rings. The monoisotopic (exact) mass is 294 g/mol. The zero-order chi connectivity index (χ0) is 14.4. The van der Waals surface area contributed by atoms with Gasteiger partial charge in [0.25, 0.3) is 0 Å². The second-order valence-corrected chi connectivity index (χ2v) is 5.78. The normalized spacial score (nSPS) is 19.8. The van der Waals surface area contributed by atoms with Crippen LogP contribution in [0.5, 0.6) is 0 Å². The SMILES string of the molecule is CN(C[C@H]1CCCCN1Cc1ccccc1)C(=O)CCl. The summed E-state index contributed by atoms with van der Waals surface area (Å²) in [5, 5.41) is 0. The number of carbonyl (C=O) groups is 1. The third-order valence-electron chi connectivity index (χ3n) is 4.00. The van der Waals surface area contributed by atoms with Crippen molar-refractivity contribution in [2.45, 2.75) is 31.8 Å². The van der Waals surface area contributed by atoms with E-state index in [2.05, 4.69) is 29.2 Å². The summed E-state index contributed by atoms with van der Waals surface area (Å²) in [5.41, 5.74) is 1.34. The zero-order valence-corrected chi connectivity index (χ0v) is 12.9. The molecule has 0 N–H and O–H groups in total. The van der Waals surface area contributed by atoms with Gasteiger partial charge in [0.05, 0.1) is 0 Å². The summed E-state index contributed by atoms with van der Waals surface area (Å²) in [6, 6.07) is 11.0. The van der Waals surface area contributed by atoms with E-state index in [0.717, 1.165) is 26.1 Å². The number of likely N-dealkylation sites (tertiary alicyclic amines) is 1. The van der Waals surface area contributed by atoms with E-state index in [1.54, 1.807) is 4.90 Å². The summed E-state index contributed by atoms with van der Waals surface area (Å²) in [6.45, 7) is 2.86. The molecule has 0 aromatic heterocycles. The van der Waals surface area contributed by atoms with Crippen LogP contribution in [-0.4, -0.2) is 47.8 Å². The van der Waals surface area contributed by atoms with Crippen LogP contribution < -0.4 is 0 Å². The van der Waals surface area contributed by atoms with Crippen molar-refractivity contribution in [2.24, 2.45) is 0 Å². The number of piperidine rings is 1. The Morgan fingerprint density at radius 2 is 2.10 bits per heavy atom. The molecule has 1 aromatic rings. The van der Waals surface area contributed by atoms with Gasteiger partial charge in [0.2, 0.25) is 5.91 Å². The maximum atomic E-state index is 11.6. The van der Waals surface area contributed by atoms with Gasteiger partial charge in [0.15, 0.2) is 0 Å². The topological polar surface area (TPSA) is 23.6 Å². The predicted molar refractivity (Wildman–Crippen MR) is 82.8 cm³/mol. The Hall–Kier alpha value is -1.06. The lowest BCUT2D eigenvalue weighted by Crippen LogP contribution is -2.47. The number of benzene rings is 1. The van der Waals surface area contributed by atoms with Crippen LogP contribution in [0.3, 0.4) is 0 Å². The van der Waals surface area contributed by atoms with Crippen molar-refractivity contribution in [1.82, 2.24) is 9.80 Å². The molecule has 4 heteroatoms. The first-order valence-corrected chi connectivity index (χ1v) is 7.82. The minimum atomic E-state index is 0.0110. The van der Waals surface area contributed by atoms with Gasteiger partial charge in [-0.15, -0.1) is 11.6 Å². The summed E-state index contributed by atoms with van der Waals surface area (Å²) >= 11 is 5.63. The molecule has 0 unspecified atom stereocenters. The van der Waals surface area contributed by atoms with E-state index in [0.29, 0.717) is 6.04 Å². The van der Waals surface area contributed by atoms with Crippen LogP contribution in [0.1, 0.15) is 24.8 Å². The molecule has 0 radical (unpaired) electrons. The molecule has 20 heavy (non-hydrogen) atoms. The number of nitrogens with zero attached hydrogens (tertiary/aromatic N) is 2. The third kappa shape index (κ3) is 4.22. The van der Waals surface area contributed by atoms with Gasteiger partial charge in [-0.25, -0.2) is 0 Å². The fourth-order valence-electron chi connectivity index (χ4n) is 2.81. The van der Waals surface area contributed by atoms with Crippen LogP contribution in [-0.2, 0) is 11.3 Å². The number of carbonyl (C=O) groups excluding carboxylic acids is 1. The predicted octanol–water partition coefficient (Wildman–Crippen LogP) is 2.74. The lowest BCUT2D eigenvalue weighted by molar-refractivity contribution is -0.128. The van der Waals surface area contributed by atoms with Gasteiger partial charge in [0.1, 0.15) is 5.88 Å². The highest BCUT2D eigenvalue weighted by molar-refractivity contribution is 6.27. The number of hydrogen-bond acceptors (Lipinski definition) is 2. The maximum Gasteiger partial charge on any atom is 0.237 e. The van der Waals surface area contributed by atoms with E-state index < -0.39 is 0 Å². The smallest absolute Gasteiger partial charge is 0.237 e. The highest BCUT2D eigenvalue weighted by atomic mass is 35.5. The van der Waals surface area contributed by atoms with Crippen molar-refractivity contribution in [3.05, 3.63) is 35.9 Å². The molecule has 110 valence electrons. The van der Waals surface area contributed by atoms with Crippen LogP contribution in [0.15, 0.2) is 30.3 Å². The average molecular weight is 295 g/mol. The van der Waals surface area contributed by atoms with Crippen LogP contribution in [0.2, 0.25) is 0 Å². The van der Waals surface area contributed by atoms with Crippen molar-refractivity contribution in [1.29, 1.82) is 0 Å². The summed E-state index contributed by atoms with van der Waals surface area (Å²) in [5.74, 6) is 0.0824. The Labute approximate surface area is 126 Å². The van der Waals surface area contributed by atoms with Gasteiger partial charge in [-0.1, -0.05) is 36.8 Å². The van der Waals surface area contributed by atoms with Crippen LogP contribution >= 0.6 is 11.6 Å². The Bertz CT molecular complexity index is 424. The summed E-state index contributed by atoms with van der Waals surface area (Å²) in [7, 11) is 1.85. The van der Waals surface area contributed by atoms with Crippen LogP contribution in [0.25, 0.3) is 0 Å². The van der Waals surface area contributed by atoms with Crippen molar-refractivity contribution in [3.8, 4) is 0 Å². The minimum Gasteiger partial charge on any atom is -0.343 e. The second kappa shape index (κ2) is 7.65. The highest BCUT2D eigenvalue weighted by Gasteiger charge is 2.24. The first kappa shape index (κ1) is 15.3. The number of hydrogen-bond donors (Lipinski definition) is 0. The van der Waals surface area contributed by atoms with Crippen molar-refractivity contribution in [2.75, 3.05) is 26.0 Å². The first-order chi connectivity index (χ1) is 9.70. The lowest BCUT2D eigenvalue weighted by Gasteiger charge is -2.37. The molecule has 0 bridgehead atoms. The van der Waals surface area contributed by atoms with Crippen LogP contribution in [0, 0.1) is 0 Å². The second-order valence-electron chi connectivity index (χ2n) is 5.51. The van der Waals surface area contributed by atoms with E-state index in [-0.39, 0.29) is 11.8 Å². The van der Waals surface area contributed by atoms with Crippen molar-refractivity contribution in [3.63, 3.8) is 0 Å². The Balaban J connectivity index is 1.96. The molecule has 0 spiro atoms. The molecular weight excluding hydrogens is 272 g/mol. The van der Waals surface area contributed by atoms with Crippen LogP contribution in [0.4, 0.5) is 0 Å². The lowest BCUT2D eigenvalue weighted by atomic mass is 10.0. The number of likely N-dealkylation sites (N-methyl/N-ethyl adjacent to an activating group) is 1. The molecular formula is C16H23ClN2O. The Kier molecular flexibility index (Phi) is 5.86. The summed E-state index contributed by atoms with van der Waals surface area (Å²) in [4.78, 5) is 15.9. The fourth-order valence-corrected chi connectivity index (χ4v) is 3.02. The summed E-state index contributed by atoms with van der Waals surface area (Å²) in [6.07, 6.45) is 3.65. The molecule has 0 aliphatic carbocycles. The standard InChI is InChI=1S/C16H23ClN2O/c1-18(16(20)11-17)13-15-9-5-6-10-19(15)12-14-7-3-2-4-8-14/h2-4,7-8,15H,5-6,9-13H2,1H3/t15-/m1/s1. The number of rotatable bonds is 5. The zero-order valence-electron chi connectivity index (χ0n) is 12.1. The largest absolute Gasteiger partial charge is 0.343 e. The molecule has 1 atom stereocenters. The average Bonchev–Trinajstić information content (AvgIpc) is 2.49. The number of amides is 1. The van der Waals surface area contributed by atoms with E-state index in [1.807, 2.05) is 13.1 Å². The molecule has 1 heterocycles. The van der Waals surface area contributed by atoms with Gasteiger partial charge < -0.3 is 4.90 Å².